The van der Waals surface area contributed by atoms with Crippen molar-refractivity contribution in [2.24, 2.45) is 4.99 Å². The number of aromatic nitrogens is 4. The lowest BCUT2D eigenvalue weighted by molar-refractivity contribution is -0.141. The Kier molecular flexibility index (Phi) is 16.0. The number of hydrogen-bond acceptors (Lipinski definition) is 12. The van der Waals surface area contributed by atoms with Gasteiger partial charge in [-0.2, -0.15) is 11.8 Å². The minimum absolute atomic E-state index is 0.0420. The number of fused-ring (bicyclic) bond motifs is 3. The number of nitrogens with one attached hydrogen (secondary N) is 2. The number of amides is 3. The molecule has 0 spiro atoms. The van der Waals surface area contributed by atoms with Gasteiger partial charge in [-0.1, -0.05) is 60.8 Å². The number of aliphatic hydroxyl groups excluding tert-OH is 1. The van der Waals surface area contributed by atoms with E-state index < -0.39 is 29.0 Å². The van der Waals surface area contributed by atoms with Gasteiger partial charge in [-0.15, -0.1) is 32.9 Å². The predicted octanol–water partition coefficient (Wildman–Crippen LogP) is 8.48. The fraction of sp³-hybridized carbons (Fsp3) is 0.469. The molecule has 0 bridgehead atoms. The van der Waals surface area contributed by atoms with E-state index in [0.717, 1.165) is 86.4 Å². The molecule has 2 aromatic carbocycles. The van der Waals surface area contributed by atoms with Crippen LogP contribution in [0, 0.1) is 27.7 Å². The van der Waals surface area contributed by atoms with Crippen LogP contribution in [-0.4, -0.2) is 101 Å². The number of aliphatic imine (C=N–C) groups is 1. The normalized spacial score (nSPS) is 17.4. The molecule has 350 valence electrons. The minimum atomic E-state index is -0.892. The summed E-state index contributed by atoms with van der Waals surface area (Å²) in [6.07, 6.45) is 3.71. The summed E-state index contributed by atoms with van der Waals surface area (Å²) in [6.45, 7) is 13.9. The summed E-state index contributed by atoms with van der Waals surface area (Å²) < 4.78 is 1.34. The molecule has 2 aliphatic heterocycles. The number of carbonyl (C=O) groups is 4. The molecule has 13 nitrogen and oxygen atoms in total. The standard InChI is InChI=1S/C49H59ClN8O5S3/c1-28-30(3)66-48-42(28)43(34-17-19-36(50)20-18-34)54-38(46-56-55-31(4)58(46)48)25-41(62)51-22-10-8-9-11-23-65-49(6,7)45(53-32(5)59)47(63)57-26-37(60)24-39(57)40(61)21-14-33-12-15-35(16-13-33)44-29(2)52-27-64-44/h12-13,15-20,27,37-39,45,60H,8-11,14,21-26H2,1-7H3,(H,51,62)(H,53,59)/t37-,38+,39+,45-/m1/s1. The summed E-state index contributed by atoms with van der Waals surface area (Å²) in [6, 6.07) is 13.5. The van der Waals surface area contributed by atoms with Gasteiger partial charge in [0.05, 0.1) is 40.4 Å². The lowest BCUT2D eigenvalue weighted by Crippen LogP contribution is -2.58. The summed E-state index contributed by atoms with van der Waals surface area (Å²) >= 11 is 11.1. The number of unbranched alkanes of at least 4 members (excludes halogenated alkanes) is 3. The van der Waals surface area contributed by atoms with Crippen LogP contribution >= 0.6 is 46.0 Å². The van der Waals surface area contributed by atoms with Crippen molar-refractivity contribution in [3.63, 3.8) is 0 Å². The summed E-state index contributed by atoms with van der Waals surface area (Å²) in [5.74, 6) is 1.21. The van der Waals surface area contributed by atoms with Gasteiger partial charge < -0.3 is 20.6 Å². The topological polar surface area (TPSA) is 172 Å². The molecule has 17 heteroatoms. The maximum absolute atomic E-state index is 14.2. The van der Waals surface area contributed by atoms with E-state index in [1.165, 1.54) is 16.7 Å². The summed E-state index contributed by atoms with van der Waals surface area (Å²) in [5, 5.41) is 27.2. The number of Topliss-reactive ketones (excluding diaryl/α,β-unsaturated/α-hetero) is 1. The van der Waals surface area contributed by atoms with Gasteiger partial charge in [-0.25, -0.2) is 4.98 Å². The number of aliphatic hydroxyl groups is 1. The number of nitrogens with zero attached hydrogens (tertiary/aromatic N) is 6. The number of halogens is 1. The van der Waals surface area contributed by atoms with Crippen molar-refractivity contribution in [1.29, 1.82) is 0 Å². The largest absolute Gasteiger partial charge is 0.391 e. The van der Waals surface area contributed by atoms with Crippen molar-refractivity contribution in [2.45, 2.75) is 129 Å². The molecule has 5 aromatic rings. The Morgan fingerprint density at radius 1 is 0.970 bits per heavy atom. The van der Waals surface area contributed by atoms with E-state index in [9.17, 15) is 24.3 Å². The van der Waals surface area contributed by atoms with Gasteiger partial charge in [0.2, 0.25) is 17.7 Å². The van der Waals surface area contributed by atoms with Gasteiger partial charge in [0, 0.05) is 58.6 Å². The Bertz CT molecular complexity index is 2580. The van der Waals surface area contributed by atoms with E-state index in [4.69, 9.17) is 16.6 Å². The van der Waals surface area contributed by atoms with Crippen molar-refractivity contribution < 1.29 is 24.3 Å². The van der Waals surface area contributed by atoms with E-state index in [1.54, 1.807) is 34.4 Å². The van der Waals surface area contributed by atoms with E-state index in [1.807, 2.05) is 86.3 Å². The molecule has 2 aliphatic rings. The first kappa shape index (κ1) is 49.2. The third-order valence-corrected chi connectivity index (χ3v) is 16.3. The molecule has 0 saturated carbocycles. The highest BCUT2D eigenvalue weighted by atomic mass is 35.5. The maximum Gasteiger partial charge on any atom is 0.247 e. The number of aryl methyl sites for hydroxylation is 4. The van der Waals surface area contributed by atoms with Crippen LogP contribution in [0.4, 0.5) is 0 Å². The fourth-order valence-corrected chi connectivity index (χ4v) is 12.1. The van der Waals surface area contributed by atoms with Crippen LogP contribution in [0.3, 0.4) is 0 Å². The molecule has 1 saturated heterocycles. The average Bonchev–Trinajstić information content (AvgIpc) is 4.05. The van der Waals surface area contributed by atoms with E-state index in [0.29, 0.717) is 23.8 Å². The van der Waals surface area contributed by atoms with Crippen molar-refractivity contribution >= 4 is 75.3 Å². The van der Waals surface area contributed by atoms with Crippen LogP contribution in [-0.2, 0) is 25.6 Å². The van der Waals surface area contributed by atoms with Gasteiger partial charge in [0.1, 0.15) is 22.9 Å². The molecule has 5 heterocycles. The van der Waals surface area contributed by atoms with Crippen LogP contribution in [0.25, 0.3) is 15.4 Å². The maximum atomic E-state index is 14.2. The Labute approximate surface area is 404 Å². The highest BCUT2D eigenvalue weighted by Gasteiger charge is 2.45. The highest BCUT2D eigenvalue weighted by Crippen LogP contribution is 2.40. The van der Waals surface area contributed by atoms with E-state index >= 15 is 0 Å². The quantitative estimate of drug-likeness (QED) is 0.0687. The summed E-state index contributed by atoms with van der Waals surface area (Å²) in [4.78, 5) is 67.2. The summed E-state index contributed by atoms with van der Waals surface area (Å²) in [5.41, 5.74) is 8.78. The van der Waals surface area contributed by atoms with E-state index in [-0.39, 0.29) is 49.3 Å². The van der Waals surface area contributed by atoms with Crippen LogP contribution < -0.4 is 10.6 Å². The molecule has 3 amide bonds. The minimum Gasteiger partial charge on any atom is -0.391 e. The number of rotatable bonds is 19. The zero-order chi connectivity index (χ0) is 47.3. The molecule has 1 fully saturated rings. The van der Waals surface area contributed by atoms with Crippen molar-refractivity contribution in [2.75, 3.05) is 18.8 Å². The number of hydrogen-bond donors (Lipinski definition) is 3. The van der Waals surface area contributed by atoms with Gasteiger partial charge in [-0.3, -0.25) is 28.7 Å². The van der Waals surface area contributed by atoms with Gasteiger partial charge in [0.15, 0.2) is 11.6 Å². The Hall–Kier alpha value is -4.74. The molecule has 3 N–H and O–H groups in total. The lowest BCUT2D eigenvalue weighted by atomic mass is 9.98. The molecule has 66 heavy (non-hydrogen) atoms. The molecule has 0 aliphatic carbocycles. The number of benzene rings is 2. The third kappa shape index (κ3) is 11.3. The Morgan fingerprint density at radius 2 is 1.68 bits per heavy atom. The molecular formula is C49H59ClN8O5S3. The highest BCUT2D eigenvalue weighted by molar-refractivity contribution is 8.00. The first-order valence-electron chi connectivity index (χ1n) is 22.6. The van der Waals surface area contributed by atoms with Crippen LogP contribution in [0.2, 0.25) is 5.02 Å². The monoisotopic (exact) mass is 970 g/mol. The van der Waals surface area contributed by atoms with Crippen molar-refractivity contribution in [3.05, 3.63) is 104 Å². The zero-order valence-corrected chi connectivity index (χ0v) is 41.9. The van der Waals surface area contributed by atoms with Crippen LogP contribution in [0.15, 0.2) is 59.0 Å². The molecule has 7 rings (SSSR count). The first-order chi connectivity index (χ1) is 31.5. The molecule has 0 radical (unpaired) electrons. The molecule has 3 aromatic heterocycles. The number of thiophene rings is 1. The number of thiazole rings is 1. The lowest BCUT2D eigenvalue weighted by Gasteiger charge is -2.37. The molecule has 0 unspecified atom stereocenters. The number of β-amino-alcohol motifs (C(OH)–C–C–N with tert-alkyl or cyclic N) is 1. The number of carbonyl (C=O) groups excluding carboxylic acids is 4. The van der Waals surface area contributed by atoms with Crippen molar-refractivity contribution in [1.82, 2.24) is 35.3 Å². The Morgan fingerprint density at radius 3 is 2.38 bits per heavy atom. The van der Waals surface area contributed by atoms with Gasteiger partial charge in [0.25, 0.3) is 0 Å². The van der Waals surface area contributed by atoms with Crippen LogP contribution in [0.5, 0.6) is 0 Å². The second-order valence-electron chi connectivity index (χ2n) is 17.8. The second-order valence-corrected chi connectivity index (χ2v) is 22.0. The number of thioether (sulfide) groups is 1. The van der Waals surface area contributed by atoms with Gasteiger partial charge >= 0.3 is 0 Å². The third-order valence-electron chi connectivity index (χ3n) is 12.4. The second kappa shape index (κ2) is 21.5. The van der Waals surface area contributed by atoms with Crippen molar-refractivity contribution in [3.8, 4) is 15.4 Å². The number of ketones is 1. The predicted molar refractivity (Wildman–Crippen MR) is 265 cm³/mol. The average molecular weight is 972 g/mol. The first-order valence-corrected chi connectivity index (χ1v) is 25.6. The summed E-state index contributed by atoms with van der Waals surface area (Å²) in [7, 11) is 0. The fourth-order valence-electron chi connectivity index (χ4n) is 8.71. The SMILES string of the molecule is CC(=O)N[C@H](C(=O)N1C[C@H](O)C[C@H]1C(=O)CCc1ccc(-c2scnc2C)cc1)C(C)(C)SCCCCCCNC(=O)C[C@@H]1N=C(c2ccc(Cl)cc2)c2c(sc(C)c2C)-n2c(C)nnc21. The zero-order valence-electron chi connectivity index (χ0n) is 38.6. The molecule has 4 atom stereocenters. The van der Waals surface area contributed by atoms with Gasteiger partial charge in [-0.05, 0) is 95.4 Å². The van der Waals surface area contributed by atoms with E-state index in [2.05, 4.69) is 39.7 Å². The molecular weight excluding hydrogens is 912 g/mol. The van der Waals surface area contributed by atoms with Crippen LogP contribution in [0.1, 0.15) is 116 Å². The smallest absolute Gasteiger partial charge is 0.247 e. The number of likely N-dealkylation sites (tertiary alicyclic amines) is 1. The Balaban J connectivity index is 0.884.